The minimum Gasteiger partial charge on any atom is -0.494 e. The molecule has 1 heterocycles. The fourth-order valence-corrected chi connectivity index (χ4v) is 3.65. The number of amides is 1. The zero-order chi connectivity index (χ0) is 21.5. The second-order valence-corrected chi connectivity index (χ2v) is 8.02. The molecular weight excluding hydrogens is 398 g/mol. The van der Waals surface area contributed by atoms with Gasteiger partial charge in [-0.15, -0.1) is 0 Å². The molecule has 6 heteroatoms. The minimum absolute atomic E-state index is 0.0651. The molecule has 30 heavy (non-hydrogen) atoms. The first-order valence-electron chi connectivity index (χ1n) is 10.6. The van der Waals surface area contributed by atoms with Crippen LogP contribution >= 0.6 is 11.6 Å². The number of ether oxygens (including phenoxy) is 1. The first-order chi connectivity index (χ1) is 14.5. The highest BCUT2D eigenvalue weighted by atomic mass is 35.5. The highest BCUT2D eigenvalue weighted by Crippen LogP contribution is 2.23. The van der Waals surface area contributed by atoms with Gasteiger partial charge in [-0.2, -0.15) is 0 Å². The molecule has 1 N–H and O–H groups in total. The van der Waals surface area contributed by atoms with E-state index in [9.17, 15) is 4.79 Å². The quantitative estimate of drug-likeness (QED) is 0.414. The monoisotopic (exact) mass is 427 g/mol. The fraction of sp³-hybridized carbons (Fsp3) is 0.417. The Morgan fingerprint density at radius 3 is 2.80 bits per heavy atom. The van der Waals surface area contributed by atoms with Crippen molar-refractivity contribution in [2.45, 2.75) is 59.0 Å². The van der Waals surface area contributed by atoms with E-state index in [4.69, 9.17) is 21.3 Å². The van der Waals surface area contributed by atoms with E-state index in [-0.39, 0.29) is 11.9 Å². The van der Waals surface area contributed by atoms with E-state index in [0.29, 0.717) is 13.0 Å². The number of nitrogens with zero attached hydrogens (tertiary/aromatic N) is 2. The van der Waals surface area contributed by atoms with Gasteiger partial charge in [-0.05, 0) is 69.0 Å². The summed E-state index contributed by atoms with van der Waals surface area (Å²) < 4.78 is 8.09. The summed E-state index contributed by atoms with van der Waals surface area (Å²) in [7, 11) is 0. The number of imidazole rings is 1. The molecule has 1 unspecified atom stereocenters. The molecule has 0 saturated heterocycles. The van der Waals surface area contributed by atoms with E-state index in [2.05, 4.69) is 16.0 Å². The van der Waals surface area contributed by atoms with Crippen molar-refractivity contribution >= 4 is 28.5 Å². The zero-order valence-electron chi connectivity index (χ0n) is 18.0. The van der Waals surface area contributed by atoms with E-state index >= 15 is 0 Å². The number of hydrogen-bond acceptors (Lipinski definition) is 3. The summed E-state index contributed by atoms with van der Waals surface area (Å²) in [5.41, 5.74) is 3.07. The van der Waals surface area contributed by atoms with Gasteiger partial charge in [0.2, 0.25) is 5.91 Å². The average molecular weight is 428 g/mol. The van der Waals surface area contributed by atoms with Gasteiger partial charge in [0.25, 0.3) is 0 Å². The molecule has 2 aromatic carbocycles. The molecule has 3 rings (SSSR count). The number of unbranched alkanes of at least 4 members (excludes halogenated alkanes) is 1. The molecule has 0 aliphatic carbocycles. The van der Waals surface area contributed by atoms with Crippen LogP contribution in [-0.4, -0.2) is 22.1 Å². The zero-order valence-corrected chi connectivity index (χ0v) is 18.7. The molecule has 5 nitrogen and oxygen atoms in total. The van der Waals surface area contributed by atoms with Crippen LogP contribution in [-0.2, 0) is 11.3 Å². The number of rotatable bonds is 10. The van der Waals surface area contributed by atoms with Crippen molar-refractivity contribution in [3.05, 3.63) is 58.9 Å². The normalized spacial score (nSPS) is 12.1. The second-order valence-electron chi connectivity index (χ2n) is 7.62. The Hall–Kier alpha value is -2.53. The van der Waals surface area contributed by atoms with Crippen molar-refractivity contribution < 1.29 is 9.53 Å². The van der Waals surface area contributed by atoms with Crippen LogP contribution in [0.15, 0.2) is 42.5 Å². The molecule has 160 valence electrons. The maximum Gasteiger partial charge on any atom is 0.220 e. The molecule has 0 spiro atoms. The topological polar surface area (TPSA) is 56.2 Å². The summed E-state index contributed by atoms with van der Waals surface area (Å²) in [6.45, 7) is 7.45. The number of aryl methyl sites for hydroxylation is 2. The van der Waals surface area contributed by atoms with Gasteiger partial charge in [-0.3, -0.25) is 4.79 Å². The standard InChI is InChI=1S/C24H30ClN3O2/c1-4-9-23(29)26-18(3)24-27-21-10-5-6-11-22(21)28(24)14-7-8-15-30-19-12-13-20(25)17(2)16-19/h5-6,10-13,16,18H,4,7-9,14-15H2,1-3H3,(H,26,29). The number of benzene rings is 2. The first-order valence-corrected chi connectivity index (χ1v) is 11.0. The average Bonchev–Trinajstić information content (AvgIpc) is 3.09. The predicted octanol–water partition coefficient (Wildman–Crippen LogP) is 5.83. The van der Waals surface area contributed by atoms with Crippen LogP contribution in [0.1, 0.15) is 57.0 Å². The number of carbonyl (C=O) groups excluding carboxylic acids is 1. The summed E-state index contributed by atoms with van der Waals surface area (Å²) in [6, 6.07) is 13.7. The van der Waals surface area contributed by atoms with Crippen LogP contribution in [0.5, 0.6) is 5.75 Å². The lowest BCUT2D eigenvalue weighted by atomic mass is 10.2. The molecule has 0 bridgehead atoms. The largest absolute Gasteiger partial charge is 0.494 e. The number of carbonyl (C=O) groups is 1. The Bertz CT molecular complexity index is 999. The Morgan fingerprint density at radius 2 is 2.03 bits per heavy atom. The van der Waals surface area contributed by atoms with E-state index < -0.39 is 0 Å². The lowest BCUT2D eigenvalue weighted by molar-refractivity contribution is -0.121. The predicted molar refractivity (Wildman–Crippen MR) is 122 cm³/mol. The third-order valence-electron chi connectivity index (χ3n) is 5.10. The van der Waals surface area contributed by atoms with E-state index in [1.165, 1.54) is 0 Å². The van der Waals surface area contributed by atoms with Gasteiger partial charge < -0.3 is 14.6 Å². The molecule has 0 fully saturated rings. The molecule has 0 aliphatic heterocycles. The molecular formula is C24H30ClN3O2. The SMILES string of the molecule is CCCC(=O)NC(C)c1nc2ccccc2n1CCCCOc1ccc(Cl)c(C)c1. The molecule has 0 aliphatic rings. The van der Waals surface area contributed by atoms with Crippen molar-refractivity contribution in [3.63, 3.8) is 0 Å². The van der Waals surface area contributed by atoms with Crippen LogP contribution < -0.4 is 10.1 Å². The number of halogens is 1. The summed E-state index contributed by atoms with van der Waals surface area (Å²) in [4.78, 5) is 16.9. The van der Waals surface area contributed by atoms with Crippen LogP contribution in [0.2, 0.25) is 5.02 Å². The third kappa shape index (κ3) is 5.54. The highest BCUT2D eigenvalue weighted by Gasteiger charge is 2.17. The molecule has 3 aromatic rings. The van der Waals surface area contributed by atoms with Crippen LogP contribution in [0, 0.1) is 6.92 Å². The first kappa shape index (κ1) is 22.2. The Balaban J connectivity index is 1.62. The van der Waals surface area contributed by atoms with Crippen LogP contribution in [0.25, 0.3) is 11.0 Å². The van der Waals surface area contributed by atoms with Crippen molar-refractivity contribution in [1.29, 1.82) is 0 Å². The van der Waals surface area contributed by atoms with E-state index in [1.54, 1.807) is 0 Å². The van der Waals surface area contributed by atoms with Gasteiger partial charge in [-0.25, -0.2) is 4.98 Å². The number of nitrogens with one attached hydrogen (secondary N) is 1. The minimum atomic E-state index is -0.134. The van der Waals surface area contributed by atoms with Crippen molar-refractivity contribution in [1.82, 2.24) is 14.9 Å². The van der Waals surface area contributed by atoms with Crippen LogP contribution in [0.4, 0.5) is 0 Å². The van der Waals surface area contributed by atoms with Gasteiger partial charge in [0.1, 0.15) is 11.6 Å². The highest BCUT2D eigenvalue weighted by molar-refractivity contribution is 6.31. The number of fused-ring (bicyclic) bond motifs is 1. The molecule has 0 radical (unpaired) electrons. The smallest absolute Gasteiger partial charge is 0.220 e. The summed E-state index contributed by atoms with van der Waals surface area (Å²) in [6.07, 6.45) is 3.24. The molecule has 1 amide bonds. The van der Waals surface area contributed by atoms with Crippen molar-refractivity contribution in [2.75, 3.05) is 6.61 Å². The summed E-state index contributed by atoms with van der Waals surface area (Å²) >= 11 is 6.07. The van der Waals surface area contributed by atoms with Gasteiger partial charge in [0, 0.05) is 18.0 Å². The summed E-state index contributed by atoms with van der Waals surface area (Å²) in [5.74, 6) is 1.81. The van der Waals surface area contributed by atoms with Gasteiger partial charge >= 0.3 is 0 Å². The maximum atomic E-state index is 12.1. The maximum absolute atomic E-state index is 12.1. The lowest BCUT2D eigenvalue weighted by Gasteiger charge is -2.16. The summed E-state index contributed by atoms with van der Waals surface area (Å²) in [5, 5.41) is 3.83. The Labute approximate surface area is 183 Å². The number of para-hydroxylation sites is 2. The van der Waals surface area contributed by atoms with Gasteiger partial charge in [-0.1, -0.05) is 30.7 Å². The fourth-order valence-electron chi connectivity index (χ4n) is 3.53. The van der Waals surface area contributed by atoms with Gasteiger partial charge in [0.15, 0.2) is 0 Å². The van der Waals surface area contributed by atoms with Crippen LogP contribution in [0.3, 0.4) is 0 Å². The Kier molecular flexibility index (Phi) is 7.75. The number of aromatic nitrogens is 2. The lowest BCUT2D eigenvalue weighted by Crippen LogP contribution is -2.28. The molecule has 1 aromatic heterocycles. The Morgan fingerprint density at radius 1 is 1.23 bits per heavy atom. The van der Waals surface area contributed by atoms with Gasteiger partial charge in [0.05, 0.1) is 23.7 Å². The molecule has 0 saturated carbocycles. The van der Waals surface area contributed by atoms with E-state index in [0.717, 1.165) is 59.0 Å². The third-order valence-corrected chi connectivity index (χ3v) is 5.52. The number of hydrogen-bond donors (Lipinski definition) is 1. The van der Waals surface area contributed by atoms with Crippen molar-refractivity contribution in [2.24, 2.45) is 0 Å². The van der Waals surface area contributed by atoms with E-state index in [1.807, 2.05) is 57.2 Å². The van der Waals surface area contributed by atoms with Crippen molar-refractivity contribution in [3.8, 4) is 5.75 Å². The second kappa shape index (κ2) is 10.5. The molecule has 1 atom stereocenters.